The zero-order valence-electron chi connectivity index (χ0n) is 11.5. The van der Waals surface area contributed by atoms with Crippen LogP contribution in [0.4, 0.5) is 0 Å². The van der Waals surface area contributed by atoms with E-state index in [1.807, 2.05) is 11.3 Å². The molecule has 0 aliphatic rings. The first-order valence-electron chi connectivity index (χ1n) is 6.81. The molecule has 0 unspecified atom stereocenters. The molecule has 0 atom stereocenters. The summed E-state index contributed by atoms with van der Waals surface area (Å²) < 4.78 is 7.52. The Bertz CT molecular complexity index is 309. The lowest BCUT2D eigenvalue weighted by Crippen LogP contribution is -2.37. The van der Waals surface area contributed by atoms with Gasteiger partial charge in [0.1, 0.15) is 6.61 Å². The maximum atomic E-state index is 5.15. The summed E-state index contributed by atoms with van der Waals surface area (Å²) >= 11 is 1.92. The van der Waals surface area contributed by atoms with Gasteiger partial charge >= 0.3 is 0 Å². The summed E-state index contributed by atoms with van der Waals surface area (Å²) in [5.74, 6) is 0. The maximum absolute atomic E-state index is 5.15. The van der Waals surface area contributed by atoms with Gasteiger partial charge in [-0.1, -0.05) is 44.4 Å². The molecule has 0 amide bonds. The van der Waals surface area contributed by atoms with E-state index in [0.29, 0.717) is 0 Å². The highest BCUT2D eigenvalue weighted by atomic mass is 32.1. The van der Waals surface area contributed by atoms with Crippen molar-refractivity contribution in [1.82, 2.24) is 0 Å². The molecule has 1 rings (SSSR count). The van der Waals surface area contributed by atoms with Crippen LogP contribution >= 0.6 is 11.3 Å². The van der Waals surface area contributed by atoms with E-state index >= 15 is 0 Å². The van der Waals surface area contributed by atoms with Crippen LogP contribution in [0.1, 0.15) is 50.1 Å². The van der Waals surface area contributed by atoms with Gasteiger partial charge in [-0.3, -0.25) is 0 Å². The summed E-state index contributed by atoms with van der Waals surface area (Å²) in [7, 11) is 1.77. The lowest BCUT2D eigenvalue weighted by atomic mass is 10.1. The van der Waals surface area contributed by atoms with Gasteiger partial charge in [-0.05, 0) is 12.8 Å². The number of thiazole rings is 1. The molecule has 98 valence electrons. The van der Waals surface area contributed by atoms with Crippen LogP contribution in [0.15, 0.2) is 5.51 Å². The van der Waals surface area contributed by atoms with Crippen LogP contribution in [0, 0.1) is 0 Å². The van der Waals surface area contributed by atoms with Crippen molar-refractivity contribution in [2.24, 2.45) is 0 Å². The van der Waals surface area contributed by atoms with E-state index < -0.39 is 0 Å². The predicted molar refractivity (Wildman–Crippen MR) is 73.6 cm³/mol. The van der Waals surface area contributed by atoms with E-state index in [2.05, 4.69) is 23.9 Å². The van der Waals surface area contributed by atoms with Crippen LogP contribution in [-0.4, -0.2) is 13.7 Å². The molecule has 0 bridgehead atoms. The minimum Gasteiger partial charge on any atom is -0.378 e. The predicted octanol–water partition coefficient (Wildman–Crippen LogP) is 3.37. The second kappa shape index (κ2) is 8.65. The highest BCUT2D eigenvalue weighted by molar-refractivity contribution is 7.09. The van der Waals surface area contributed by atoms with E-state index in [-0.39, 0.29) is 0 Å². The second-order valence-corrected chi connectivity index (χ2v) is 5.38. The summed E-state index contributed by atoms with van der Waals surface area (Å²) in [4.78, 5) is 1.58. The lowest BCUT2D eigenvalue weighted by molar-refractivity contribution is -0.700. The van der Waals surface area contributed by atoms with Crippen molar-refractivity contribution in [1.29, 1.82) is 0 Å². The minimum absolute atomic E-state index is 0.809. The monoisotopic (exact) mass is 256 g/mol. The summed E-state index contributed by atoms with van der Waals surface area (Å²) in [5.41, 5.74) is 3.77. The van der Waals surface area contributed by atoms with Crippen molar-refractivity contribution < 1.29 is 9.30 Å². The van der Waals surface area contributed by atoms with Crippen LogP contribution in [0.3, 0.4) is 0 Å². The molecule has 0 saturated heterocycles. The Balaban J connectivity index is 2.50. The Morgan fingerprint density at radius 3 is 2.71 bits per heavy atom. The highest BCUT2D eigenvalue weighted by Crippen LogP contribution is 2.16. The van der Waals surface area contributed by atoms with Crippen LogP contribution < -0.4 is 4.57 Å². The molecular weight excluding hydrogens is 230 g/mol. The standard InChI is InChI=1S/C14H26NOS/c1-4-6-7-8-9-14-13(5-2)15(12-17-14)10-11-16-3/h12H,4-11H2,1-3H3/q+1. The van der Waals surface area contributed by atoms with Gasteiger partial charge in [-0.25, -0.2) is 0 Å². The Morgan fingerprint density at radius 1 is 1.24 bits per heavy atom. The Kier molecular flexibility index (Phi) is 7.45. The number of aryl methyl sites for hydroxylation is 1. The average molecular weight is 256 g/mol. The number of aromatic nitrogens is 1. The van der Waals surface area contributed by atoms with Crippen LogP contribution in [-0.2, 0) is 24.1 Å². The number of unbranched alkanes of at least 4 members (excludes halogenated alkanes) is 3. The number of hydrogen-bond donors (Lipinski definition) is 0. The quantitative estimate of drug-likeness (QED) is 0.488. The first-order valence-corrected chi connectivity index (χ1v) is 7.69. The number of methoxy groups -OCH3 is 1. The van der Waals surface area contributed by atoms with Gasteiger partial charge in [0.2, 0.25) is 5.51 Å². The van der Waals surface area contributed by atoms with E-state index in [4.69, 9.17) is 4.74 Å². The van der Waals surface area contributed by atoms with Crippen molar-refractivity contribution in [3.05, 3.63) is 16.1 Å². The molecule has 0 saturated carbocycles. The molecule has 2 nitrogen and oxygen atoms in total. The third-order valence-electron chi connectivity index (χ3n) is 3.12. The molecule has 0 fully saturated rings. The Labute approximate surface area is 110 Å². The SMILES string of the molecule is CCCCCCc1sc[n+](CCOC)c1CC. The van der Waals surface area contributed by atoms with Crippen molar-refractivity contribution in [2.75, 3.05) is 13.7 Å². The molecule has 0 radical (unpaired) electrons. The fraction of sp³-hybridized carbons (Fsp3) is 0.786. The molecular formula is C14H26NOS+. The zero-order chi connectivity index (χ0) is 12.5. The molecule has 0 aromatic carbocycles. The van der Waals surface area contributed by atoms with Gasteiger partial charge in [0.15, 0.2) is 12.2 Å². The van der Waals surface area contributed by atoms with Crippen molar-refractivity contribution in [2.45, 2.75) is 58.9 Å². The largest absolute Gasteiger partial charge is 0.378 e. The van der Waals surface area contributed by atoms with Gasteiger partial charge in [0, 0.05) is 13.5 Å². The van der Waals surface area contributed by atoms with E-state index in [0.717, 1.165) is 19.6 Å². The topological polar surface area (TPSA) is 13.1 Å². The normalized spacial score (nSPS) is 11.0. The first-order chi connectivity index (χ1) is 8.33. The third-order valence-corrected chi connectivity index (χ3v) is 4.20. The number of nitrogens with zero attached hydrogens (tertiary/aromatic N) is 1. The van der Waals surface area contributed by atoms with E-state index in [9.17, 15) is 0 Å². The number of rotatable bonds is 9. The summed E-state index contributed by atoms with van der Waals surface area (Å²) in [6.45, 7) is 6.32. The van der Waals surface area contributed by atoms with Crippen LogP contribution in [0.2, 0.25) is 0 Å². The van der Waals surface area contributed by atoms with Crippen molar-refractivity contribution in [3.8, 4) is 0 Å². The molecule has 1 aromatic rings. The molecule has 17 heavy (non-hydrogen) atoms. The third kappa shape index (κ3) is 4.76. The second-order valence-electron chi connectivity index (χ2n) is 4.44. The molecule has 0 aliphatic carbocycles. The lowest BCUT2D eigenvalue weighted by Gasteiger charge is -2.00. The van der Waals surface area contributed by atoms with Gasteiger partial charge in [-0.15, -0.1) is 0 Å². The molecule has 0 N–H and O–H groups in total. The summed E-state index contributed by atoms with van der Waals surface area (Å²) in [5, 5.41) is 0. The fourth-order valence-electron chi connectivity index (χ4n) is 2.11. The zero-order valence-corrected chi connectivity index (χ0v) is 12.3. The molecule has 0 spiro atoms. The maximum Gasteiger partial charge on any atom is 0.225 e. The van der Waals surface area contributed by atoms with Crippen molar-refractivity contribution in [3.63, 3.8) is 0 Å². The smallest absolute Gasteiger partial charge is 0.225 e. The van der Waals surface area contributed by atoms with Gasteiger partial charge in [-0.2, -0.15) is 4.57 Å². The van der Waals surface area contributed by atoms with E-state index in [1.54, 1.807) is 12.0 Å². The average Bonchev–Trinajstić information content (AvgIpc) is 2.74. The molecule has 3 heteroatoms. The van der Waals surface area contributed by atoms with Crippen LogP contribution in [0.5, 0.6) is 0 Å². The van der Waals surface area contributed by atoms with Crippen LogP contribution in [0.25, 0.3) is 0 Å². The number of hydrogen-bond acceptors (Lipinski definition) is 2. The van der Waals surface area contributed by atoms with Gasteiger partial charge in [0.05, 0.1) is 4.88 Å². The summed E-state index contributed by atoms with van der Waals surface area (Å²) in [6.07, 6.45) is 7.79. The Morgan fingerprint density at radius 2 is 2.06 bits per heavy atom. The molecule has 1 heterocycles. The Hall–Kier alpha value is -0.410. The minimum atomic E-state index is 0.809. The molecule has 0 aliphatic heterocycles. The highest BCUT2D eigenvalue weighted by Gasteiger charge is 2.16. The van der Waals surface area contributed by atoms with E-state index in [1.165, 1.54) is 37.8 Å². The van der Waals surface area contributed by atoms with Gasteiger partial charge < -0.3 is 4.74 Å². The summed E-state index contributed by atoms with van der Waals surface area (Å²) in [6, 6.07) is 0. The van der Waals surface area contributed by atoms with Gasteiger partial charge in [0.25, 0.3) is 0 Å². The molecule has 1 aromatic heterocycles. The first kappa shape index (κ1) is 14.7. The number of ether oxygens (including phenoxy) is 1. The fourth-order valence-corrected chi connectivity index (χ4v) is 3.26. The van der Waals surface area contributed by atoms with Crippen molar-refractivity contribution >= 4 is 11.3 Å².